The number of nitrogens with zero attached hydrogens (tertiary/aromatic N) is 3. The van der Waals surface area contributed by atoms with E-state index in [1.54, 1.807) is 0 Å². The number of aromatic nitrogens is 3. The molecule has 58 heavy (non-hydrogen) atoms. The molecule has 0 spiro atoms. The first-order valence-corrected chi connectivity index (χ1v) is 22.0. The Bertz CT molecular complexity index is 3250. The van der Waals surface area contributed by atoms with Gasteiger partial charge in [-0.25, -0.2) is 0 Å². The van der Waals surface area contributed by atoms with Gasteiger partial charge in [0, 0.05) is 38.6 Å². The minimum absolute atomic E-state index is 1.15. The molecule has 0 saturated carbocycles. The van der Waals surface area contributed by atoms with Gasteiger partial charge in [0.15, 0.2) is 8.07 Å². The zero-order valence-electron chi connectivity index (χ0n) is 31.7. The Kier molecular flexibility index (Phi) is 7.25. The Balaban J connectivity index is 1.07. The first kappa shape index (κ1) is 32.8. The van der Waals surface area contributed by atoms with Gasteiger partial charge in [0.1, 0.15) is 0 Å². The first-order chi connectivity index (χ1) is 28.8. The monoisotopic (exact) mass is 755 g/mol. The van der Waals surface area contributed by atoms with E-state index >= 15 is 0 Å². The maximum absolute atomic E-state index is 2.66. The SMILES string of the molecule is c1ccc(-n2c3cccc4c3c3c2cccc3n4-c2ccc3c4ccccc4n(-c4ccc([Si](c5ccccc5)(c5ccccc5)c5ccccc5)cc4)c3c2)cc1. The van der Waals surface area contributed by atoms with E-state index in [1.165, 1.54) is 81.1 Å². The second kappa shape index (κ2) is 12.8. The van der Waals surface area contributed by atoms with Crippen molar-refractivity contribution in [2.75, 3.05) is 0 Å². The smallest absolute Gasteiger partial charge is 0.179 e. The highest BCUT2D eigenvalue weighted by Gasteiger charge is 2.41. The van der Waals surface area contributed by atoms with Gasteiger partial charge in [-0.3, -0.25) is 0 Å². The van der Waals surface area contributed by atoms with Gasteiger partial charge in [0.25, 0.3) is 0 Å². The van der Waals surface area contributed by atoms with Crippen LogP contribution < -0.4 is 20.7 Å². The number of hydrogen-bond acceptors (Lipinski definition) is 0. The molecule has 0 atom stereocenters. The van der Waals surface area contributed by atoms with Crippen molar-refractivity contribution in [3.63, 3.8) is 0 Å². The molecule has 0 radical (unpaired) electrons. The van der Waals surface area contributed by atoms with Crippen LogP contribution in [0.15, 0.2) is 224 Å². The number of rotatable bonds is 7. The van der Waals surface area contributed by atoms with Gasteiger partial charge in [-0.15, -0.1) is 0 Å². The average molecular weight is 756 g/mol. The molecule has 0 saturated heterocycles. The third-order valence-corrected chi connectivity index (χ3v) is 17.2. The third kappa shape index (κ3) is 4.61. The Morgan fingerprint density at radius 1 is 0.241 bits per heavy atom. The van der Waals surface area contributed by atoms with Crippen molar-refractivity contribution in [1.82, 2.24) is 13.7 Å². The predicted molar refractivity (Wildman–Crippen MR) is 247 cm³/mol. The summed E-state index contributed by atoms with van der Waals surface area (Å²) in [5, 5.41) is 10.6. The molecule has 0 fully saturated rings. The standard InChI is InChI=1S/C54H37N3Si/c1-5-17-38(18-6-1)56-48-27-15-29-50-53(48)54-49(56)28-16-30-51(54)57(50)40-33-36-46-45-25-13-14-26-47(45)55(52(46)37-40)39-31-34-44(35-32-39)58(41-19-7-2-8-20-41,42-21-9-3-10-22-42)43-23-11-4-12-24-43/h1-37H. The van der Waals surface area contributed by atoms with E-state index in [0.717, 1.165) is 11.4 Å². The van der Waals surface area contributed by atoms with Crippen LogP contribution in [0.1, 0.15) is 0 Å². The molecule has 12 aromatic rings. The molecular formula is C54H37N3Si. The summed E-state index contributed by atoms with van der Waals surface area (Å²) >= 11 is 0. The van der Waals surface area contributed by atoms with Gasteiger partial charge in [-0.1, -0.05) is 158 Å². The highest BCUT2D eigenvalue weighted by Crippen LogP contribution is 2.43. The van der Waals surface area contributed by atoms with Crippen molar-refractivity contribution in [1.29, 1.82) is 0 Å². The molecule has 0 unspecified atom stereocenters. The van der Waals surface area contributed by atoms with Crippen LogP contribution in [0.5, 0.6) is 0 Å². The Morgan fingerprint density at radius 3 is 1.14 bits per heavy atom. The summed E-state index contributed by atoms with van der Waals surface area (Å²) in [7, 11) is -2.66. The topological polar surface area (TPSA) is 14.8 Å². The van der Waals surface area contributed by atoms with Crippen molar-refractivity contribution < 1.29 is 0 Å². The normalized spacial score (nSPS) is 12.1. The molecule has 0 aliphatic rings. The largest absolute Gasteiger partial charge is 0.309 e. The summed E-state index contributed by atoms with van der Waals surface area (Å²) in [6.45, 7) is 0. The summed E-state index contributed by atoms with van der Waals surface area (Å²) in [5.41, 5.74) is 10.8. The van der Waals surface area contributed by atoms with Gasteiger partial charge >= 0.3 is 0 Å². The highest BCUT2D eigenvalue weighted by atomic mass is 28.3. The lowest BCUT2D eigenvalue weighted by atomic mass is 10.1. The molecule has 0 aliphatic carbocycles. The third-order valence-electron chi connectivity index (χ3n) is 12.4. The molecule has 9 aromatic carbocycles. The van der Waals surface area contributed by atoms with Crippen molar-refractivity contribution in [3.8, 4) is 17.1 Å². The van der Waals surface area contributed by atoms with Crippen LogP contribution in [0.2, 0.25) is 0 Å². The van der Waals surface area contributed by atoms with E-state index in [1.807, 2.05) is 0 Å². The molecule has 272 valence electrons. The molecule has 3 aromatic heterocycles. The van der Waals surface area contributed by atoms with Gasteiger partial charge < -0.3 is 13.7 Å². The lowest BCUT2D eigenvalue weighted by Crippen LogP contribution is -2.74. The van der Waals surface area contributed by atoms with Crippen LogP contribution in [0.4, 0.5) is 0 Å². The van der Waals surface area contributed by atoms with E-state index < -0.39 is 8.07 Å². The molecule has 0 N–H and O–H groups in total. The summed E-state index contributed by atoms with van der Waals surface area (Å²) < 4.78 is 7.33. The second-order valence-electron chi connectivity index (χ2n) is 15.3. The minimum atomic E-state index is -2.66. The molecule has 0 aliphatic heterocycles. The fraction of sp³-hybridized carbons (Fsp3) is 0. The van der Waals surface area contributed by atoms with Gasteiger partial charge in [0.05, 0.1) is 33.1 Å². The highest BCUT2D eigenvalue weighted by molar-refractivity contribution is 7.19. The Hall–Kier alpha value is -7.40. The summed E-state index contributed by atoms with van der Waals surface area (Å²) in [4.78, 5) is 0. The Morgan fingerprint density at radius 2 is 0.603 bits per heavy atom. The average Bonchev–Trinajstić information content (AvgIpc) is 3.95. The van der Waals surface area contributed by atoms with Crippen molar-refractivity contribution in [2.45, 2.75) is 0 Å². The van der Waals surface area contributed by atoms with Crippen molar-refractivity contribution in [3.05, 3.63) is 224 Å². The molecule has 3 heterocycles. The van der Waals surface area contributed by atoms with E-state index in [0.29, 0.717) is 0 Å². The van der Waals surface area contributed by atoms with Gasteiger partial charge in [-0.2, -0.15) is 0 Å². The maximum atomic E-state index is 2.46. The Labute approximate surface area is 337 Å². The zero-order valence-corrected chi connectivity index (χ0v) is 32.7. The molecule has 0 bridgehead atoms. The summed E-state index contributed by atoms with van der Waals surface area (Å²) in [5.74, 6) is 0. The van der Waals surface area contributed by atoms with Crippen LogP contribution in [0, 0.1) is 0 Å². The van der Waals surface area contributed by atoms with E-state index in [9.17, 15) is 0 Å². The van der Waals surface area contributed by atoms with Crippen molar-refractivity contribution in [2.24, 2.45) is 0 Å². The molecular weight excluding hydrogens is 719 g/mol. The molecule has 3 nitrogen and oxygen atoms in total. The maximum Gasteiger partial charge on any atom is 0.179 e. The molecule has 4 heteroatoms. The van der Waals surface area contributed by atoms with Gasteiger partial charge in [-0.05, 0) is 87.5 Å². The number of benzene rings is 9. The molecule has 0 amide bonds. The zero-order chi connectivity index (χ0) is 38.2. The van der Waals surface area contributed by atoms with E-state index in [2.05, 4.69) is 238 Å². The van der Waals surface area contributed by atoms with E-state index in [-0.39, 0.29) is 0 Å². The van der Waals surface area contributed by atoms with Crippen molar-refractivity contribution >= 4 is 83.5 Å². The lowest BCUT2D eigenvalue weighted by Gasteiger charge is -2.34. The second-order valence-corrected chi connectivity index (χ2v) is 19.1. The van der Waals surface area contributed by atoms with E-state index in [4.69, 9.17) is 0 Å². The fourth-order valence-electron chi connectivity index (χ4n) is 10.0. The van der Waals surface area contributed by atoms with Crippen LogP contribution in [0.25, 0.3) is 71.7 Å². The van der Waals surface area contributed by atoms with Gasteiger partial charge in [0.2, 0.25) is 0 Å². The van der Waals surface area contributed by atoms with Crippen LogP contribution >= 0.6 is 0 Å². The van der Waals surface area contributed by atoms with Crippen LogP contribution in [-0.2, 0) is 0 Å². The fourth-order valence-corrected chi connectivity index (χ4v) is 14.8. The number of hydrogen-bond donors (Lipinski definition) is 0. The summed E-state index contributed by atoms with van der Waals surface area (Å²) in [6.07, 6.45) is 0. The van der Waals surface area contributed by atoms with Crippen LogP contribution in [0.3, 0.4) is 0 Å². The quantitative estimate of drug-likeness (QED) is 0.114. The number of fused-ring (bicyclic) bond motifs is 3. The minimum Gasteiger partial charge on any atom is -0.309 e. The molecule has 12 rings (SSSR count). The predicted octanol–water partition coefficient (Wildman–Crippen LogP) is 10.6. The number of para-hydroxylation sites is 2. The lowest BCUT2D eigenvalue weighted by molar-refractivity contribution is 1.15. The van der Waals surface area contributed by atoms with Crippen LogP contribution in [-0.4, -0.2) is 21.8 Å². The first-order valence-electron chi connectivity index (χ1n) is 20.0. The summed E-state index contributed by atoms with van der Waals surface area (Å²) in [6, 6.07) is 83.0.